The summed E-state index contributed by atoms with van der Waals surface area (Å²) in [5.41, 5.74) is 2.46. The van der Waals surface area contributed by atoms with Crippen molar-refractivity contribution in [2.45, 2.75) is 52.2 Å². The molecule has 0 unspecified atom stereocenters. The first-order valence-electron chi connectivity index (χ1n) is 6.65. The fraction of sp³-hybridized carbons (Fsp3) is 0.643. The summed E-state index contributed by atoms with van der Waals surface area (Å²) in [6.07, 6.45) is 4.61. The summed E-state index contributed by atoms with van der Waals surface area (Å²) >= 11 is 0. The predicted octanol–water partition coefficient (Wildman–Crippen LogP) is 2.57. The van der Waals surface area contributed by atoms with E-state index in [-0.39, 0.29) is 0 Å². The molecule has 0 atom stereocenters. The molecule has 0 bridgehead atoms. The zero-order valence-electron chi connectivity index (χ0n) is 11.1. The topological polar surface area (TPSA) is 28.2 Å². The molecule has 1 aromatic rings. The monoisotopic (exact) mass is 233 g/mol. The highest BCUT2D eigenvalue weighted by Crippen LogP contribution is 2.31. The van der Waals surface area contributed by atoms with Crippen LogP contribution in [0.15, 0.2) is 18.3 Å². The van der Waals surface area contributed by atoms with Crippen molar-refractivity contribution in [2.75, 3.05) is 11.4 Å². The highest BCUT2D eigenvalue weighted by atomic mass is 15.2. The van der Waals surface area contributed by atoms with Gasteiger partial charge in [-0.3, -0.25) is 4.98 Å². The molecule has 0 aromatic carbocycles. The fourth-order valence-electron chi connectivity index (χ4n) is 2.09. The van der Waals surface area contributed by atoms with Crippen LogP contribution in [0.2, 0.25) is 0 Å². The van der Waals surface area contributed by atoms with Crippen molar-refractivity contribution in [3.8, 4) is 0 Å². The molecule has 94 valence electrons. The van der Waals surface area contributed by atoms with Crippen molar-refractivity contribution in [3.05, 3.63) is 24.0 Å². The SMILES string of the molecule is CCN(c1ccnc(CNC(C)C)c1)C1CC1. The lowest BCUT2D eigenvalue weighted by Gasteiger charge is -2.23. The fourth-order valence-corrected chi connectivity index (χ4v) is 2.09. The normalized spacial score (nSPS) is 15.3. The van der Waals surface area contributed by atoms with E-state index in [1.165, 1.54) is 18.5 Å². The quantitative estimate of drug-likeness (QED) is 0.818. The predicted molar refractivity (Wildman–Crippen MR) is 72.3 cm³/mol. The molecule has 2 rings (SSSR count). The van der Waals surface area contributed by atoms with Gasteiger partial charge in [0.15, 0.2) is 0 Å². The summed E-state index contributed by atoms with van der Waals surface area (Å²) in [6.45, 7) is 8.49. The van der Waals surface area contributed by atoms with E-state index in [9.17, 15) is 0 Å². The van der Waals surface area contributed by atoms with Crippen LogP contribution in [0.3, 0.4) is 0 Å². The van der Waals surface area contributed by atoms with E-state index < -0.39 is 0 Å². The maximum atomic E-state index is 4.42. The van der Waals surface area contributed by atoms with Gasteiger partial charge in [0, 0.05) is 37.1 Å². The van der Waals surface area contributed by atoms with Crippen LogP contribution < -0.4 is 10.2 Å². The molecule has 1 N–H and O–H groups in total. The van der Waals surface area contributed by atoms with Crippen LogP contribution in [-0.4, -0.2) is 23.6 Å². The first-order valence-corrected chi connectivity index (χ1v) is 6.65. The third-order valence-corrected chi connectivity index (χ3v) is 3.15. The van der Waals surface area contributed by atoms with Crippen molar-refractivity contribution in [1.82, 2.24) is 10.3 Å². The Morgan fingerprint density at radius 2 is 2.24 bits per heavy atom. The maximum Gasteiger partial charge on any atom is 0.0562 e. The van der Waals surface area contributed by atoms with Crippen LogP contribution in [0, 0.1) is 0 Å². The van der Waals surface area contributed by atoms with Gasteiger partial charge >= 0.3 is 0 Å². The van der Waals surface area contributed by atoms with Gasteiger partial charge in [0.05, 0.1) is 5.69 Å². The van der Waals surface area contributed by atoms with Gasteiger partial charge in [-0.1, -0.05) is 13.8 Å². The zero-order chi connectivity index (χ0) is 12.3. The molecule has 0 spiro atoms. The maximum absolute atomic E-state index is 4.42. The highest BCUT2D eigenvalue weighted by Gasteiger charge is 2.28. The highest BCUT2D eigenvalue weighted by molar-refractivity contribution is 5.48. The van der Waals surface area contributed by atoms with E-state index in [2.05, 4.69) is 48.1 Å². The summed E-state index contributed by atoms with van der Waals surface area (Å²) in [7, 11) is 0. The third kappa shape index (κ3) is 3.43. The molecule has 0 saturated heterocycles. The molecule has 0 radical (unpaired) electrons. The molecule has 1 fully saturated rings. The Labute approximate surface area is 104 Å². The molecule has 3 nitrogen and oxygen atoms in total. The Hall–Kier alpha value is -1.09. The lowest BCUT2D eigenvalue weighted by atomic mass is 10.2. The minimum atomic E-state index is 0.506. The van der Waals surface area contributed by atoms with E-state index in [4.69, 9.17) is 0 Å². The van der Waals surface area contributed by atoms with Crippen LogP contribution in [0.5, 0.6) is 0 Å². The van der Waals surface area contributed by atoms with Crippen molar-refractivity contribution >= 4 is 5.69 Å². The van der Waals surface area contributed by atoms with E-state index in [0.717, 1.165) is 24.8 Å². The molecular weight excluding hydrogens is 210 g/mol. The smallest absolute Gasteiger partial charge is 0.0562 e. The van der Waals surface area contributed by atoms with E-state index in [0.29, 0.717) is 6.04 Å². The Balaban J connectivity index is 2.04. The van der Waals surface area contributed by atoms with Crippen molar-refractivity contribution in [3.63, 3.8) is 0 Å². The second-order valence-corrected chi connectivity index (χ2v) is 5.06. The van der Waals surface area contributed by atoms with Gasteiger partial charge in [0.1, 0.15) is 0 Å². The third-order valence-electron chi connectivity index (χ3n) is 3.15. The number of pyridine rings is 1. The minimum Gasteiger partial charge on any atom is -0.369 e. The van der Waals surface area contributed by atoms with Crippen LogP contribution in [-0.2, 0) is 6.54 Å². The number of aromatic nitrogens is 1. The summed E-state index contributed by atoms with van der Waals surface area (Å²) in [5.74, 6) is 0. The average molecular weight is 233 g/mol. The van der Waals surface area contributed by atoms with Gasteiger partial charge in [0.25, 0.3) is 0 Å². The summed E-state index contributed by atoms with van der Waals surface area (Å²) in [6, 6.07) is 5.62. The van der Waals surface area contributed by atoms with E-state index >= 15 is 0 Å². The number of anilines is 1. The lowest BCUT2D eigenvalue weighted by Crippen LogP contribution is -2.26. The number of hydrogen-bond donors (Lipinski definition) is 1. The first-order chi connectivity index (χ1) is 8.20. The Morgan fingerprint density at radius 1 is 1.47 bits per heavy atom. The van der Waals surface area contributed by atoms with E-state index in [1.807, 2.05) is 6.20 Å². The molecule has 17 heavy (non-hydrogen) atoms. The van der Waals surface area contributed by atoms with Gasteiger partial charge in [-0.25, -0.2) is 0 Å². The summed E-state index contributed by atoms with van der Waals surface area (Å²) < 4.78 is 0. The molecule has 1 aliphatic carbocycles. The van der Waals surface area contributed by atoms with E-state index in [1.54, 1.807) is 0 Å². The molecule has 1 aromatic heterocycles. The molecule has 0 aliphatic heterocycles. The molecule has 0 amide bonds. The van der Waals surface area contributed by atoms with Gasteiger partial charge < -0.3 is 10.2 Å². The van der Waals surface area contributed by atoms with Gasteiger partial charge in [-0.15, -0.1) is 0 Å². The summed E-state index contributed by atoms with van der Waals surface area (Å²) in [4.78, 5) is 6.91. The molecule has 1 saturated carbocycles. The largest absolute Gasteiger partial charge is 0.369 e. The molecular formula is C14H23N3. The molecule has 3 heteroatoms. The number of nitrogens with one attached hydrogen (secondary N) is 1. The number of rotatable bonds is 6. The first kappa shape index (κ1) is 12.4. The Bertz CT molecular complexity index is 358. The van der Waals surface area contributed by atoms with Crippen molar-refractivity contribution < 1.29 is 0 Å². The second-order valence-electron chi connectivity index (χ2n) is 5.06. The van der Waals surface area contributed by atoms with Crippen LogP contribution in [0.4, 0.5) is 5.69 Å². The minimum absolute atomic E-state index is 0.506. The van der Waals surface area contributed by atoms with Gasteiger partial charge in [-0.2, -0.15) is 0 Å². The van der Waals surface area contributed by atoms with Crippen LogP contribution in [0.1, 0.15) is 39.3 Å². The molecule has 1 aliphatic rings. The number of hydrogen-bond acceptors (Lipinski definition) is 3. The lowest BCUT2D eigenvalue weighted by molar-refractivity contribution is 0.581. The number of nitrogens with zero attached hydrogens (tertiary/aromatic N) is 2. The zero-order valence-corrected chi connectivity index (χ0v) is 11.1. The Morgan fingerprint density at radius 3 is 2.82 bits per heavy atom. The van der Waals surface area contributed by atoms with Gasteiger partial charge in [0.2, 0.25) is 0 Å². The van der Waals surface area contributed by atoms with Crippen molar-refractivity contribution in [1.29, 1.82) is 0 Å². The summed E-state index contributed by atoms with van der Waals surface area (Å²) in [5, 5.41) is 3.41. The van der Waals surface area contributed by atoms with Gasteiger partial charge in [-0.05, 0) is 31.9 Å². The average Bonchev–Trinajstić information content (AvgIpc) is 3.12. The van der Waals surface area contributed by atoms with Crippen LogP contribution in [0.25, 0.3) is 0 Å². The standard InChI is InChI=1S/C14H23N3/c1-4-17(13-5-6-13)14-7-8-15-12(9-14)10-16-11(2)3/h7-9,11,13,16H,4-6,10H2,1-3H3. The molecule has 1 heterocycles. The Kier molecular flexibility index (Phi) is 4.00. The van der Waals surface area contributed by atoms with Crippen molar-refractivity contribution in [2.24, 2.45) is 0 Å². The van der Waals surface area contributed by atoms with Crippen LogP contribution >= 0.6 is 0 Å². The second kappa shape index (κ2) is 5.50.